The second-order valence-electron chi connectivity index (χ2n) is 4.53. The molecule has 2 aromatic heterocycles. The molecule has 4 nitrogen and oxygen atoms in total. The third-order valence-electron chi connectivity index (χ3n) is 3.06. The van der Waals surface area contributed by atoms with Gasteiger partial charge in [0.05, 0.1) is 0 Å². The summed E-state index contributed by atoms with van der Waals surface area (Å²) in [6.07, 6.45) is 2.84. The number of anilines is 1. The monoisotopic (exact) mass is 285 g/mol. The molecule has 3 aromatic rings. The number of hydrogen-bond donors (Lipinski definition) is 1. The van der Waals surface area contributed by atoms with Crippen molar-refractivity contribution in [1.29, 1.82) is 0 Å². The first-order chi connectivity index (χ1) is 9.83. The molecule has 5 heteroatoms. The third kappa shape index (κ3) is 2.88. The summed E-state index contributed by atoms with van der Waals surface area (Å²) >= 11 is 1.78. The number of benzene rings is 1. The molecule has 0 radical (unpaired) electrons. The lowest BCUT2D eigenvalue weighted by molar-refractivity contribution is 0.376. The maximum absolute atomic E-state index is 5.91. The van der Waals surface area contributed by atoms with Gasteiger partial charge in [0.2, 0.25) is 11.7 Å². The van der Waals surface area contributed by atoms with E-state index in [1.54, 1.807) is 11.3 Å². The Balaban J connectivity index is 1.64. The van der Waals surface area contributed by atoms with E-state index in [1.807, 2.05) is 24.3 Å². The fourth-order valence-corrected chi connectivity index (χ4v) is 2.79. The highest BCUT2D eigenvalue weighted by Crippen LogP contribution is 2.22. The molecule has 0 aliphatic rings. The average molecular weight is 285 g/mol. The number of thiophene rings is 1. The van der Waals surface area contributed by atoms with E-state index in [9.17, 15) is 0 Å². The lowest BCUT2D eigenvalue weighted by atomic mass is 10.2. The van der Waals surface area contributed by atoms with E-state index in [1.165, 1.54) is 4.88 Å². The standard InChI is InChI=1S/C15H15N3OS/c16-13-8-2-1-7-12(13)15-17-14(19-18-15)9-3-5-11-6-4-10-20-11/h1-2,4,6-8,10H,3,5,9,16H2. The van der Waals surface area contributed by atoms with E-state index >= 15 is 0 Å². The molecule has 102 valence electrons. The Hall–Kier alpha value is -2.14. The fraction of sp³-hybridized carbons (Fsp3) is 0.200. The van der Waals surface area contributed by atoms with E-state index in [4.69, 9.17) is 10.3 Å². The molecule has 2 heterocycles. The molecule has 1 aromatic carbocycles. The molecule has 3 rings (SSSR count). The van der Waals surface area contributed by atoms with Crippen molar-refractivity contribution in [2.45, 2.75) is 19.3 Å². The van der Waals surface area contributed by atoms with Gasteiger partial charge in [0, 0.05) is 22.5 Å². The van der Waals surface area contributed by atoms with Gasteiger partial charge in [0.1, 0.15) is 0 Å². The summed E-state index contributed by atoms with van der Waals surface area (Å²) in [5.41, 5.74) is 7.39. The minimum absolute atomic E-state index is 0.564. The zero-order valence-electron chi connectivity index (χ0n) is 11.0. The van der Waals surface area contributed by atoms with Crippen LogP contribution in [0.1, 0.15) is 17.2 Å². The van der Waals surface area contributed by atoms with Crippen LogP contribution in [0.15, 0.2) is 46.3 Å². The quantitative estimate of drug-likeness (QED) is 0.728. The van der Waals surface area contributed by atoms with Crippen LogP contribution in [0.5, 0.6) is 0 Å². The summed E-state index contributed by atoms with van der Waals surface area (Å²) in [6, 6.07) is 11.8. The van der Waals surface area contributed by atoms with Crippen LogP contribution >= 0.6 is 11.3 Å². The molecule has 0 spiro atoms. The Kier molecular flexibility index (Phi) is 3.78. The second kappa shape index (κ2) is 5.88. The van der Waals surface area contributed by atoms with Crippen LogP contribution < -0.4 is 5.73 Å². The molecule has 0 unspecified atom stereocenters. The lowest BCUT2D eigenvalue weighted by Gasteiger charge is -1.98. The van der Waals surface area contributed by atoms with Crippen molar-refractivity contribution in [2.24, 2.45) is 0 Å². The van der Waals surface area contributed by atoms with Gasteiger partial charge in [-0.15, -0.1) is 11.3 Å². The van der Waals surface area contributed by atoms with Crippen LogP contribution in [-0.4, -0.2) is 10.1 Å². The average Bonchev–Trinajstić information content (AvgIpc) is 3.11. The van der Waals surface area contributed by atoms with Gasteiger partial charge in [-0.2, -0.15) is 4.98 Å². The van der Waals surface area contributed by atoms with Crippen LogP contribution in [0.2, 0.25) is 0 Å². The van der Waals surface area contributed by atoms with Crippen LogP contribution in [0.25, 0.3) is 11.4 Å². The minimum Gasteiger partial charge on any atom is -0.398 e. The normalized spacial score (nSPS) is 10.8. The first-order valence-corrected chi connectivity index (χ1v) is 7.41. The van der Waals surface area contributed by atoms with Gasteiger partial charge in [-0.05, 0) is 36.4 Å². The van der Waals surface area contributed by atoms with E-state index < -0.39 is 0 Å². The van der Waals surface area contributed by atoms with Crippen LogP contribution in [0.3, 0.4) is 0 Å². The zero-order chi connectivity index (χ0) is 13.8. The number of aryl methyl sites for hydroxylation is 2. The predicted octanol–water partition coefficient (Wildman–Crippen LogP) is 3.56. The Morgan fingerprint density at radius 2 is 2.00 bits per heavy atom. The van der Waals surface area contributed by atoms with Crippen molar-refractivity contribution < 1.29 is 4.52 Å². The lowest BCUT2D eigenvalue weighted by Crippen LogP contribution is -1.91. The number of nitrogen functional groups attached to an aromatic ring is 1. The Morgan fingerprint density at radius 1 is 1.10 bits per heavy atom. The molecule has 0 bridgehead atoms. The Labute approximate surface area is 121 Å². The van der Waals surface area contributed by atoms with Crippen molar-refractivity contribution in [3.05, 3.63) is 52.5 Å². The number of rotatable bonds is 5. The summed E-state index contributed by atoms with van der Waals surface area (Å²) in [5, 5.41) is 6.09. The largest absolute Gasteiger partial charge is 0.398 e. The molecule has 20 heavy (non-hydrogen) atoms. The molecule has 2 N–H and O–H groups in total. The van der Waals surface area contributed by atoms with Gasteiger partial charge in [0.15, 0.2) is 0 Å². The topological polar surface area (TPSA) is 64.9 Å². The maximum Gasteiger partial charge on any atom is 0.226 e. The van der Waals surface area contributed by atoms with Crippen LogP contribution in [0, 0.1) is 0 Å². The minimum atomic E-state index is 0.564. The van der Waals surface area contributed by atoms with E-state index in [0.717, 1.165) is 24.8 Å². The SMILES string of the molecule is Nc1ccccc1-c1noc(CCCc2cccs2)n1. The summed E-state index contributed by atoms with van der Waals surface area (Å²) in [6.45, 7) is 0. The number of nitrogens with two attached hydrogens (primary N) is 1. The molecular weight excluding hydrogens is 270 g/mol. The number of nitrogens with zero attached hydrogens (tertiary/aromatic N) is 2. The van der Waals surface area contributed by atoms with Gasteiger partial charge in [-0.3, -0.25) is 0 Å². The van der Waals surface area contributed by atoms with Gasteiger partial charge >= 0.3 is 0 Å². The van der Waals surface area contributed by atoms with Gasteiger partial charge < -0.3 is 10.3 Å². The molecule has 0 aliphatic carbocycles. The van der Waals surface area contributed by atoms with Gasteiger partial charge in [0.25, 0.3) is 0 Å². The van der Waals surface area contributed by atoms with Crippen molar-refractivity contribution in [1.82, 2.24) is 10.1 Å². The highest BCUT2D eigenvalue weighted by molar-refractivity contribution is 7.09. The molecule has 0 aliphatic heterocycles. The second-order valence-corrected chi connectivity index (χ2v) is 5.56. The van der Waals surface area contributed by atoms with Gasteiger partial charge in [-0.1, -0.05) is 23.4 Å². The van der Waals surface area contributed by atoms with E-state index in [-0.39, 0.29) is 0 Å². The molecule has 0 saturated heterocycles. The van der Waals surface area contributed by atoms with Crippen molar-refractivity contribution >= 4 is 17.0 Å². The summed E-state index contributed by atoms with van der Waals surface area (Å²) in [7, 11) is 0. The molecule has 0 fully saturated rings. The molecule has 0 amide bonds. The fourth-order valence-electron chi connectivity index (χ4n) is 2.04. The van der Waals surface area contributed by atoms with Crippen molar-refractivity contribution in [2.75, 3.05) is 5.73 Å². The number of hydrogen-bond acceptors (Lipinski definition) is 5. The number of aromatic nitrogens is 2. The zero-order valence-corrected chi connectivity index (χ0v) is 11.8. The smallest absolute Gasteiger partial charge is 0.226 e. The summed E-state index contributed by atoms with van der Waals surface area (Å²) in [4.78, 5) is 5.79. The van der Waals surface area contributed by atoms with Gasteiger partial charge in [-0.25, -0.2) is 0 Å². The summed E-state index contributed by atoms with van der Waals surface area (Å²) in [5.74, 6) is 1.23. The Bertz CT molecular complexity index is 676. The molecule has 0 saturated carbocycles. The van der Waals surface area contributed by atoms with E-state index in [2.05, 4.69) is 27.7 Å². The number of para-hydroxylation sites is 1. The summed E-state index contributed by atoms with van der Waals surface area (Å²) < 4.78 is 5.28. The third-order valence-corrected chi connectivity index (χ3v) is 4.00. The van der Waals surface area contributed by atoms with Crippen molar-refractivity contribution in [3.8, 4) is 11.4 Å². The first-order valence-electron chi connectivity index (χ1n) is 6.53. The predicted molar refractivity (Wildman–Crippen MR) is 80.5 cm³/mol. The van der Waals surface area contributed by atoms with Crippen LogP contribution in [0.4, 0.5) is 5.69 Å². The van der Waals surface area contributed by atoms with E-state index in [0.29, 0.717) is 17.4 Å². The molecular formula is C15H15N3OS. The maximum atomic E-state index is 5.91. The highest BCUT2D eigenvalue weighted by Gasteiger charge is 2.10. The highest BCUT2D eigenvalue weighted by atomic mass is 32.1. The van der Waals surface area contributed by atoms with Crippen LogP contribution in [-0.2, 0) is 12.8 Å². The Morgan fingerprint density at radius 3 is 2.80 bits per heavy atom. The van der Waals surface area contributed by atoms with Crippen molar-refractivity contribution in [3.63, 3.8) is 0 Å². The molecule has 0 atom stereocenters. The first kappa shape index (κ1) is 12.9.